The first-order valence-electron chi connectivity index (χ1n) is 4.98. The summed E-state index contributed by atoms with van der Waals surface area (Å²) in [7, 11) is 1.42. The first kappa shape index (κ1) is 13.8. The summed E-state index contributed by atoms with van der Waals surface area (Å²) < 4.78 is 4.62. The van der Waals surface area contributed by atoms with Crippen LogP contribution in [0, 0.1) is 5.92 Å². The van der Waals surface area contributed by atoms with Gasteiger partial charge in [0, 0.05) is 12.4 Å². The Morgan fingerprint density at radius 1 is 1.43 bits per heavy atom. The van der Waals surface area contributed by atoms with Gasteiger partial charge >= 0.3 is 5.97 Å². The van der Waals surface area contributed by atoms with Crippen LogP contribution in [0.1, 0.15) is 26.2 Å². The summed E-state index contributed by atoms with van der Waals surface area (Å²) in [5.74, 6) is 1.74. The molecule has 0 aliphatic rings. The van der Waals surface area contributed by atoms with E-state index in [-0.39, 0.29) is 18.5 Å². The third-order valence-electron chi connectivity index (χ3n) is 1.92. The van der Waals surface area contributed by atoms with Crippen LogP contribution < -0.4 is 0 Å². The molecule has 84 valence electrons. The highest BCUT2D eigenvalue weighted by Gasteiger charge is 2.11. The minimum atomic E-state index is -0.132. The molecule has 0 fully saturated rings. The van der Waals surface area contributed by atoms with Crippen molar-refractivity contribution in [3.63, 3.8) is 0 Å². The number of hydrogen-bond donors (Lipinski definition) is 1. The van der Waals surface area contributed by atoms with E-state index in [0.717, 1.165) is 30.8 Å². The molecular formula is C10H20O3S. The highest BCUT2D eigenvalue weighted by molar-refractivity contribution is 7.99. The van der Waals surface area contributed by atoms with Crippen molar-refractivity contribution in [2.24, 2.45) is 5.92 Å². The van der Waals surface area contributed by atoms with Gasteiger partial charge in [0.2, 0.25) is 0 Å². The van der Waals surface area contributed by atoms with Gasteiger partial charge in [-0.1, -0.05) is 13.3 Å². The van der Waals surface area contributed by atoms with Crippen LogP contribution in [0.25, 0.3) is 0 Å². The van der Waals surface area contributed by atoms with E-state index >= 15 is 0 Å². The van der Waals surface area contributed by atoms with Crippen LogP contribution in [0.2, 0.25) is 0 Å². The van der Waals surface area contributed by atoms with Crippen LogP contribution in [-0.4, -0.2) is 36.3 Å². The first-order chi connectivity index (χ1) is 6.72. The van der Waals surface area contributed by atoms with Crippen LogP contribution in [0.4, 0.5) is 0 Å². The summed E-state index contributed by atoms with van der Waals surface area (Å²) in [6.45, 7) is 2.16. The van der Waals surface area contributed by atoms with Gasteiger partial charge in [0.25, 0.3) is 0 Å². The highest BCUT2D eigenvalue weighted by Crippen LogP contribution is 2.12. The van der Waals surface area contributed by atoms with E-state index in [2.05, 4.69) is 4.74 Å². The van der Waals surface area contributed by atoms with E-state index < -0.39 is 0 Å². The molecule has 1 N–H and O–H groups in total. The normalized spacial score (nSPS) is 12.5. The van der Waals surface area contributed by atoms with Gasteiger partial charge in [-0.2, -0.15) is 11.8 Å². The minimum Gasteiger partial charge on any atom is -0.469 e. The lowest BCUT2D eigenvalue weighted by Gasteiger charge is -2.07. The lowest BCUT2D eigenvalue weighted by molar-refractivity contribution is -0.143. The Kier molecular flexibility index (Phi) is 9.19. The van der Waals surface area contributed by atoms with Crippen molar-refractivity contribution in [3.8, 4) is 0 Å². The van der Waals surface area contributed by atoms with E-state index in [0.29, 0.717) is 0 Å². The van der Waals surface area contributed by atoms with Crippen LogP contribution >= 0.6 is 11.8 Å². The van der Waals surface area contributed by atoms with Crippen molar-refractivity contribution >= 4 is 17.7 Å². The number of aliphatic hydroxyl groups is 1. The molecule has 0 spiro atoms. The topological polar surface area (TPSA) is 46.5 Å². The lowest BCUT2D eigenvalue weighted by Crippen LogP contribution is -2.15. The lowest BCUT2D eigenvalue weighted by atomic mass is 10.2. The molecule has 1 atom stereocenters. The molecule has 0 aromatic heterocycles. The zero-order chi connectivity index (χ0) is 10.8. The van der Waals surface area contributed by atoms with E-state index in [4.69, 9.17) is 5.11 Å². The summed E-state index contributed by atoms with van der Waals surface area (Å²) in [5.41, 5.74) is 0. The van der Waals surface area contributed by atoms with Crippen molar-refractivity contribution in [3.05, 3.63) is 0 Å². The van der Waals surface area contributed by atoms with Gasteiger partial charge in [0.15, 0.2) is 0 Å². The number of esters is 1. The second-order valence-corrected chi connectivity index (χ2v) is 4.43. The average Bonchev–Trinajstić information content (AvgIpc) is 2.21. The molecule has 0 saturated carbocycles. The molecule has 4 heteroatoms. The van der Waals surface area contributed by atoms with Gasteiger partial charge in [0.1, 0.15) is 0 Å². The Labute approximate surface area is 90.2 Å². The Morgan fingerprint density at radius 2 is 2.14 bits per heavy atom. The Bertz CT molecular complexity index is 150. The number of ether oxygens (including phenoxy) is 1. The first-order valence-corrected chi connectivity index (χ1v) is 6.14. The Morgan fingerprint density at radius 3 is 2.71 bits per heavy atom. The molecule has 0 aromatic carbocycles. The minimum absolute atomic E-state index is 0.0113. The van der Waals surface area contributed by atoms with Crippen LogP contribution in [0.3, 0.4) is 0 Å². The number of hydrogen-bond acceptors (Lipinski definition) is 4. The van der Waals surface area contributed by atoms with E-state index in [1.54, 1.807) is 11.8 Å². The van der Waals surface area contributed by atoms with Gasteiger partial charge in [-0.15, -0.1) is 0 Å². The average molecular weight is 220 g/mol. The fraction of sp³-hybridized carbons (Fsp3) is 0.900. The molecule has 0 radical (unpaired) electrons. The van der Waals surface area contributed by atoms with Gasteiger partial charge < -0.3 is 9.84 Å². The van der Waals surface area contributed by atoms with Gasteiger partial charge in [-0.05, 0) is 18.6 Å². The zero-order valence-electron chi connectivity index (χ0n) is 8.99. The number of unbranched alkanes of at least 4 members (excludes halogenated alkanes) is 2. The standard InChI is InChI=1S/C10H20O3S/c1-9(10(12)13-2)8-14-7-5-3-4-6-11/h9,11H,3-8H2,1-2H3. The predicted molar refractivity (Wildman–Crippen MR) is 59.4 cm³/mol. The molecule has 0 amide bonds. The summed E-state index contributed by atoms with van der Waals surface area (Å²) >= 11 is 1.77. The molecule has 3 nitrogen and oxygen atoms in total. The fourth-order valence-electron chi connectivity index (χ4n) is 1.02. The van der Waals surface area contributed by atoms with Gasteiger partial charge in [0.05, 0.1) is 13.0 Å². The molecule has 0 heterocycles. The SMILES string of the molecule is COC(=O)C(C)CSCCCCCO. The van der Waals surface area contributed by atoms with E-state index in [1.807, 2.05) is 6.92 Å². The van der Waals surface area contributed by atoms with E-state index in [9.17, 15) is 4.79 Å². The third-order valence-corrected chi connectivity index (χ3v) is 3.23. The number of aliphatic hydroxyl groups excluding tert-OH is 1. The van der Waals surface area contributed by atoms with Crippen molar-refractivity contribution < 1.29 is 14.6 Å². The molecule has 1 unspecified atom stereocenters. The molecule has 0 saturated heterocycles. The number of carbonyl (C=O) groups is 1. The second-order valence-electron chi connectivity index (χ2n) is 3.28. The van der Waals surface area contributed by atoms with Crippen molar-refractivity contribution in [1.29, 1.82) is 0 Å². The van der Waals surface area contributed by atoms with Crippen LogP contribution in [-0.2, 0) is 9.53 Å². The molecule has 0 aliphatic carbocycles. The molecule has 0 aromatic rings. The highest BCUT2D eigenvalue weighted by atomic mass is 32.2. The van der Waals surface area contributed by atoms with Crippen LogP contribution in [0.5, 0.6) is 0 Å². The van der Waals surface area contributed by atoms with Crippen molar-refractivity contribution in [2.45, 2.75) is 26.2 Å². The van der Waals surface area contributed by atoms with Crippen molar-refractivity contribution in [1.82, 2.24) is 0 Å². The molecule has 14 heavy (non-hydrogen) atoms. The zero-order valence-corrected chi connectivity index (χ0v) is 9.81. The predicted octanol–water partition coefficient (Wildman–Crippen LogP) is 1.69. The molecule has 0 aliphatic heterocycles. The van der Waals surface area contributed by atoms with Crippen LogP contribution in [0.15, 0.2) is 0 Å². The summed E-state index contributed by atoms with van der Waals surface area (Å²) in [5, 5.41) is 8.55. The number of rotatable bonds is 8. The maximum atomic E-state index is 11.0. The van der Waals surface area contributed by atoms with E-state index in [1.165, 1.54) is 7.11 Å². The summed E-state index contributed by atoms with van der Waals surface area (Å²) in [6.07, 6.45) is 3.06. The Hall–Kier alpha value is -0.220. The second kappa shape index (κ2) is 9.34. The van der Waals surface area contributed by atoms with Gasteiger partial charge in [-0.25, -0.2) is 0 Å². The fourth-order valence-corrected chi connectivity index (χ4v) is 2.09. The summed E-state index contributed by atoms with van der Waals surface area (Å²) in [6, 6.07) is 0. The number of methoxy groups -OCH3 is 1. The summed E-state index contributed by atoms with van der Waals surface area (Å²) in [4.78, 5) is 11.0. The quantitative estimate of drug-likeness (QED) is 0.499. The molecule has 0 bridgehead atoms. The molecular weight excluding hydrogens is 200 g/mol. The van der Waals surface area contributed by atoms with Crippen molar-refractivity contribution in [2.75, 3.05) is 25.2 Å². The monoisotopic (exact) mass is 220 g/mol. The number of thioether (sulfide) groups is 1. The number of carbonyl (C=O) groups excluding carboxylic acids is 1. The largest absolute Gasteiger partial charge is 0.469 e. The smallest absolute Gasteiger partial charge is 0.309 e. The third kappa shape index (κ3) is 7.21. The maximum Gasteiger partial charge on any atom is 0.309 e. The van der Waals surface area contributed by atoms with Gasteiger partial charge in [-0.3, -0.25) is 4.79 Å². The maximum absolute atomic E-state index is 11.0. The molecule has 0 rings (SSSR count). The Balaban J connectivity index is 3.23.